The highest BCUT2D eigenvalue weighted by Crippen LogP contribution is 2.33. The summed E-state index contributed by atoms with van der Waals surface area (Å²) >= 11 is 7.23. The third-order valence-electron chi connectivity index (χ3n) is 2.57. The molecule has 0 saturated carbocycles. The molecule has 0 aliphatic heterocycles. The van der Waals surface area contributed by atoms with E-state index in [0.717, 1.165) is 4.88 Å². The predicted molar refractivity (Wildman–Crippen MR) is 71.4 cm³/mol. The molecule has 3 nitrogen and oxygen atoms in total. The second-order valence-electron chi connectivity index (χ2n) is 3.61. The molecule has 1 unspecified atom stereocenters. The lowest BCUT2D eigenvalue weighted by molar-refractivity contribution is 0.382. The Kier molecular flexibility index (Phi) is 4.19. The molecule has 2 rings (SSSR count). The largest absolute Gasteiger partial charge is 0.494 e. The zero-order chi connectivity index (χ0) is 13.1. The Labute approximate surface area is 113 Å². The highest BCUT2D eigenvalue weighted by Gasteiger charge is 2.20. The Morgan fingerprint density at radius 3 is 2.72 bits per heavy atom. The zero-order valence-electron chi connectivity index (χ0n) is 9.61. The Bertz CT molecular complexity index is 547. The van der Waals surface area contributed by atoms with Crippen molar-refractivity contribution < 1.29 is 9.13 Å². The molecule has 3 N–H and O–H groups in total. The molecule has 0 aliphatic carbocycles. The fourth-order valence-electron chi connectivity index (χ4n) is 1.72. The number of nitrogens with one attached hydrogen (secondary N) is 1. The van der Waals surface area contributed by atoms with Crippen LogP contribution in [-0.4, -0.2) is 7.11 Å². The van der Waals surface area contributed by atoms with E-state index in [1.165, 1.54) is 18.4 Å². The summed E-state index contributed by atoms with van der Waals surface area (Å²) in [6.45, 7) is 0. The molecule has 96 valence electrons. The van der Waals surface area contributed by atoms with Crippen molar-refractivity contribution in [1.29, 1.82) is 0 Å². The number of nitrogens with two attached hydrogens (primary N) is 1. The van der Waals surface area contributed by atoms with Crippen LogP contribution in [-0.2, 0) is 0 Å². The normalized spacial score (nSPS) is 12.4. The maximum absolute atomic E-state index is 14.2. The first-order valence-corrected chi connectivity index (χ1v) is 6.40. The minimum absolute atomic E-state index is 0.190. The summed E-state index contributed by atoms with van der Waals surface area (Å²) < 4.78 is 19.7. The van der Waals surface area contributed by atoms with E-state index in [4.69, 9.17) is 22.2 Å². The van der Waals surface area contributed by atoms with E-state index >= 15 is 0 Å². The van der Waals surface area contributed by atoms with Crippen molar-refractivity contribution >= 4 is 22.9 Å². The van der Waals surface area contributed by atoms with Gasteiger partial charge in [-0.25, -0.2) is 9.82 Å². The number of hydrogen-bond donors (Lipinski definition) is 2. The van der Waals surface area contributed by atoms with Crippen molar-refractivity contribution in [3.05, 3.63) is 50.9 Å². The summed E-state index contributed by atoms with van der Waals surface area (Å²) in [6, 6.07) is 8.07. The van der Waals surface area contributed by atoms with Crippen LogP contribution in [0.3, 0.4) is 0 Å². The van der Waals surface area contributed by atoms with Gasteiger partial charge in [0.05, 0.1) is 17.5 Å². The van der Waals surface area contributed by atoms with E-state index in [-0.39, 0.29) is 5.75 Å². The van der Waals surface area contributed by atoms with Crippen LogP contribution in [0.4, 0.5) is 4.39 Å². The number of benzene rings is 1. The summed E-state index contributed by atoms with van der Waals surface area (Å²) in [6.07, 6.45) is 0. The fourth-order valence-corrected chi connectivity index (χ4v) is 2.86. The van der Waals surface area contributed by atoms with Crippen LogP contribution in [0.2, 0.25) is 4.34 Å². The number of rotatable bonds is 4. The number of hydrogen-bond acceptors (Lipinski definition) is 4. The molecule has 0 spiro atoms. The molecule has 0 bridgehead atoms. The Balaban J connectivity index is 2.45. The molecule has 1 aromatic carbocycles. The molecule has 1 atom stereocenters. The monoisotopic (exact) mass is 286 g/mol. The van der Waals surface area contributed by atoms with Crippen LogP contribution in [0.15, 0.2) is 30.3 Å². The van der Waals surface area contributed by atoms with Gasteiger partial charge in [0.15, 0.2) is 11.6 Å². The van der Waals surface area contributed by atoms with Crippen molar-refractivity contribution in [3.8, 4) is 5.75 Å². The minimum atomic E-state index is -0.447. The lowest BCUT2D eigenvalue weighted by Gasteiger charge is -2.16. The molecule has 0 saturated heterocycles. The quantitative estimate of drug-likeness (QED) is 0.671. The third-order valence-corrected chi connectivity index (χ3v) is 3.87. The highest BCUT2D eigenvalue weighted by molar-refractivity contribution is 7.16. The molecule has 18 heavy (non-hydrogen) atoms. The van der Waals surface area contributed by atoms with Crippen molar-refractivity contribution in [1.82, 2.24) is 5.43 Å². The Morgan fingerprint density at radius 2 is 2.17 bits per heavy atom. The fraction of sp³-hybridized carbons (Fsp3) is 0.167. The number of halogens is 2. The number of hydrazine groups is 1. The average Bonchev–Trinajstić information content (AvgIpc) is 2.79. The molecule has 2 aromatic rings. The van der Waals surface area contributed by atoms with Crippen LogP contribution < -0.4 is 16.0 Å². The smallest absolute Gasteiger partial charge is 0.170 e. The van der Waals surface area contributed by atoms with Crippen molar-refractivity contribution in [2.24, 2.45) is 5.84 Å². The van der Waals surface area contributed by atoms with Crippen LogP contribution in [0.1, 0.15) is 16.5 Å². The summed E-state index contributed by atoms with van der Waals surface area (Å²) in [5.41, 5.74) is 3.02. The SMILES string of the molecule is COc1cccc(C(NN)c2ccc(Cl)s2)c1F. The first-order chi connectivity index (χ1) is 8.67. The van der Waals surface area contributed by atoms with Gasteiger partial charge < -0.3 is 4.74 Å². The highest BCUT2D eigenvalue weighted by atomic mass is 35.5. The van der Waals surface area contributed by atoms with Crippen LogP contribution in [0.25, 0.3) is 0 Å². The zero-order valence-corrected chi connectivity index (χ0v) is 11.2. The van der Waals surface area contributed by atoms with E-state index < -0.39 is 11.9 Å². The molecule has 6 heteroatoms. The molecule has 0 aliphatic rings. The first-order valence-electron chi connectivity index (χ1n) is 5.21. The molecular formula is C12H12ClFN2OS. The first kappa shape index (κ1) is 13.3. The van der Waals surface area contributed by atoms with Gasteiger partial charge in [-0.05, 0) is 18.2 Å². The van der Waals surface area contributed by atoms with Gasteiger partial charge in [0.25, 0.3) is 0 Å². The van der Waals surface area contributed by atoms with Gasteiger partial charge in [0, 0.05) is 10.4 Å². The van der Waals surface area contributed by atoms with E-state index in [9.17, 15) is 4.39 Å². The van der Waals surface area contributed by atoms with E-state index in [0.29, 0.717) is 9.90 Å². The summed E-state index contributed by atoms with van der Waals surface area (Å²) in [5.74, 6) is 5.28. The predicted octanol–water partition coefficient (Wildman–Crippen LogP) is 3.10. The number of methoxy groups -OCH3 is 1. The van der Waals surface area contributed by atoms with Gasteiger partial charge in [0.2, 0.25) is 0 Å². The van der Waals surface area contributed by atoms with Crippen molar-refractivity contribution in [3.63, 3.8) is 0 Å². The van der Waals surface area contributed by atoms with Crippen LogP contribution in [0, 0.1) is 5.82 Å². The third kappa shape index (κ3) is 2.49. The van der Waals surface area contributed by atoms with Gasteiger partial charge in [-0.2, -0.15) is 0 Å². The Hall–Kier alpha value is -1.14. The Morgan fingerprint density at radius 1 is 1.39 bits per heavy atom. The summed E-state index contributed by atoms with van der Waals surface area (Å²) in [4.78, 5) is 0.842. The second-order valence-corrected chi connectivity index (χ2v) is 5.35. The number of thiophene rings is 1. The minimum Gasteiger partial charge on any atom is -0.494 e. The van der Waals surface area contributed by atoms with Gasteiger partial charge in [-0.3, -0.25) is 5.84 Å². The topological polar surface area (TPSA) is 47.3 Å². The van der Waals surface area contributed by atoms with Crippen molar-refractivity contribution in [2.75, 3.05) is 7.11 Å². The van der Waals surface area contributed by atoms with Crippen LogP contribution in [0.5, 0.6) is 5.75 Å². The lowest BCUT2D eigenvalue weighted by atomic mass is 10.0. The molecule has 1 heterocycles. The van der Waals surface area contributed by atoms with Gasteiger partial charge in [-0.1, -0.05) is 23.7 Å². The lowest BCUT2D eigenvalue weighted by Crippen LogP contribution is -2.29. The molecule has 0 amide bonds. The van der Waals surface area contributed by atoms with Gasteiger partial charge in [0.1, 0.15) is 0 Å². The van der Waals surface area contributed by atoms with E-state index in [2.05, 4.69) is 5.43 Å². The standard InChI is InChI=1S/C12H12ClFN2OS/c1-17-8-4-2-3-7(11(8)14)12(16-15)9-5-6-10(13)18-9/h2-6,12,16H,15H2,1H3. The summed E-state index contributed by atoms with van der Waals surface area (Å²) in [5, 5.41) is 0. The molecule has 1 aromatic heterocycles. The molecule has 0 fully saturated rings. The number of ether oxygens (including phenoxy) is 1. The van der Waals surface area contributed by atoms with E-state index in [1.54, 1.807) is 24.3 Å². The van der Waals surface area contributed by atoms with Crippen molar-refractivity contribution in [2.45, 2.75) is 6.04 Å². The van der Waals surface area contributed by atoms with Crippen LogP contribution >= 0.6 is 22.9 Å². The summed E-state index contributed by atoms with van der Waals surface area (Å²) in [7, 11) is 1.43. The average molecular weight is 287 g/mol. The molecular weight excluding hydrogens is 275 g/mol. The van der Waals surface area contributed by atoms with Gasteiger partial charge in [-0.15, -0.1) is 11.3 Å². The maximum Gasteiger partial charge on any atom is 0.170 e. The maximum atomic E-state index is 14.2. The molecule has 0 radical (unpaired) electrons. The second kappa shape index (κ2) is 5.67. The van der Waals surface area contributed by atoms with Gasteiger partial charge >= 0.3 is 0 Å². The van der Waals surface area contributed by atoms with E-state index in [1.807, 2.05) is 6.07 Å².